The monoisotopic (exact) mass is 267 g/mol. The molecule has 0 spiro atoms. The zero-order valence-electron chi connectivity index (χ0n) is 10.6. The van der Waals surface area contributed by atoms with Crippen LogP contribution in [0, 0.1) is 0 Å². The molecule has 0 fully saturated rings. The Kier molecular flexibility index (Phi) is 8.11. The van der Waals surface area contributed by atoms with Crippen molar-refractivity contribution in [2.45, 2.75) is 32.2 Å². The number of carbonyl (C=O) groups excluding carboxylic acids is 1. The molecule has 1 atom stereocenters. The lowest BCUT2D eigenvalue weighted by Crippen LogP contribution is -2.35. The van der Waals surface area contributed by atoms with E-state index in [1.807, 2.05) is 0 Å². The number of hydrogen-bond acceptors (Lipinski definition) is 5. The van der Waals surface area contributed by atoms with E-state index in [1.54, 1.807) is 14.0 Å². The summed E-state index contributed by atoms with van der Waals surface area (Å²) in [7, 11) is -0.482. The highest BCUT2D eigenvalue weighted by atomic mass is 32.2. The Balaban J connectivity index is 3.91. The van der Waals surface area contributed by atoms with Crippen molar-refractivity contribution in [3.63, 3.8) is 0 Å². The van der Waals surface area contributed by atoms with E-state index >= 15 is 0 Å². The van der Waals surface area contributed by atoms with Crippen LogP contribution in [0.2, 0.25) is 0 Å². The molecule has 0 saturated carbocycles. The van der Waals surface area contributed by atoms with Gasteiger partial charge in [0.05, 0.1) is 12.9 Å². The van der Waals surface area contributed by atoms with Gasteiger partial charge in [-0.05, 0) is 19.8 Å². The molecule has 1 unspecified atom stereocenters. The second kappa shape index (κ2) is 8.43. The summed E-state index contributed by atoms with van der Waals surface area (Å²) in [5, 5.41) is 0. The molecule has 7 heteroatoms. The van der Waals surface area contributed by atoms with Gasteiger partial charge in [0, 0.05) is 26.2 Å². The summed E-state index contributed by atoms with van der Waals surface area (Å²) in [6.07, 6.45) is 0.996. The van der Waals surface area contributed by atoms with E-state index in [0.717, 1.165) is 0 Å². The average molecular weight is 267 g/mol. The van der Waals surface area contributed by atoms with Gasteiger partial charge in [0.25, 0.3) is 0 Å². The summed E-state index contributed by atoms with van der Waals surface area (Å²) < 4.78 is 34.9. The first-order valence-electron chi connectivity index (χ1n) is 5.47. The maximum atomic E-state index is 11.6. The fraction of sp³-hybridized carbons (Fsp3) is 0.900. The van der Waals surface area contributed by atoms with E-state index in [0.29, 0.717) is 13.0 Å². The van der Waals surface area contributed by atoms with Crippen LogP contribution in [0.3, 0.4) is 0 Å². The molecule has 0 radical (unpaired) electrons. The van der Waals surface area contributed by atoms with Crippen molar-refractivity contribution in [2.75, 3.05) is 26.6 Å². The molecule has 102 valence electrons. The molecule has 0 rings (SSSR count). The molecule has 0 aromatic heterocycles. The van der Waals surface area contributed by atoms with E-state index in [4.69, 9.17) is 4.74 Å². The summed E-state index contributed by atoms with van der Waals surface area (Å²) in [5.41, 5.74) is 0. The van der Waals surface area contributed by atoms with Gasteiger partial charge in [-0.15, -0.1) is 0 Å². The number of rotatable bonds is 9. The van der Waals surface area contributed by atoms with Crippen LogP contribution in [0.4, 0.5) is 0 Å². The molecule has 0 saturated heterocycles. The smallest absolute Gasteiger partial charge is 0.305 e. The van der Waals surface area contributed by atoms with Gasteiger partial charge in [-0.25, -0.2) is 13.1 Å². The average Bonchev–Trinajstić information content (AvgIpc) is 2.25. The number of ether oxygens (including phenoxy) is 2. The summed E-state index contributed by atoms with van der Waals surface area (Å²) in [6, 6.07) is -0.168. The Bertz CT molecular complexity index is 315. The first kappa shape index (κ1) is 16.3. The lowest BCUT2D eigenvalue weighted by molar-refractivity contribution is -0.140. The molecule has 1 N–H and O–H groups in total. The van der Waals surface area contributed by atoms with Gasteiger partial charge in [0.1, 0.15) is 0 Å². The quantitative estimate of drug-likeness (QED) is 0.607. The Morgan fingerprint density at radius 2 is 2.00 bits per heavy atom. The number of nitrogens with one attached hydrogen (secondary N) is 1. The first-order chi connectivity index (χ1) is 7.91. The summed E-state index contributed by atoms with van der Waals surface area (Å²) in [5.74, 6) is -0.466. The summed E-state index contributed by atoms with van der Waals surface area (Å²) >= 11 is 0. The minimum absolute atomic E-state index is 0.0700. The van der Waals surface area contributed by atoms with Crippen molar-refractivity contribution in [3.05, 3.63) is 0 Å². The van der Waals surface area contributed by atoms with Gasteiger partial charge in [0.2, 0.25) is 10.0 Å². The van der Waals surface area contributed by atoms with Crippen molar-refractivity contribution in [3.8, 4) is 0 Å². The second-order valence-electron chi connectivity index (χ2n) is 3.80. The Morgan fingerprint density at radius 1 is 1.35 bits per heavy atom. The summed E-state index contributed by atoms with van der Waals surface area (Å²) in [4.78, 5) is 10.8. The number of carbonyl (C=O) groups is 1. The maximum Gasteiger partial charge on any atom is 0.305 e. The second-order valence-corrected chi connectivity index (χ2v) is 5.67. The van der Waals surface area contributed by atoms with Crippen molar-refractivity contribution in [1.29, 1.82) is 0 Å². The SMILES string of the molecule is COCCC(C)NS(=O)(=O)CCCC(=O)OC. The largest absolute Gasteiger partial charge is 0.469 e. The third-order valence-corrected chi connectivity index (χ3v) is 3.74. The van der Waals surface area contributed by atoms with Crippen LogP contribution in [0.1, 0.15) is 26.2 Å². The van der Waals surface area contributed by atoms with Crippen LogP contribution in [0.5, 0.6) is 0 Å². The molecule has 0 aromatic carbocycles. The highest BCUT2D eigenvalue weighted by molar-refractivity contribution is 7.89. The predicted octanol–water partition coefficient (Wildman–Crippen LogP) is 0.284. The standard InChI is InChI=1S/C10H21NO5S/c1-9(6-7-15-2)11-17(13,14)8-4-5-10(12)16-3/h9,11H,4-8H2,1-3H3. The highest BCUT2D eigenvalue weighted by Crippen LogP contribution is 2.00. The van der Waals surface area contributed by atoms with Crippen molar-refractivity contribution < 1.29 is 22.7 Å². The summed E-state index contributed by atoms with van der Waals surface area (Å²) in [6.45, 7) is 2.28. The zero-order chi connectivity index (χ0) is 13.3. The molecule has 6 nitrogen and oxygen atoms in total. The van der Waals surface area contributed by atoms with Crippen LogP contribution in [0.15, 0.2) is 0 Å². The van der Waals surface area contributed by atoms with Gasteiger partial charge in [0.15, 0.2) is 0 Å². The third kappa shape index (κ3) is 9.08. The van der Waals surface area contributed by atoms with E-state index in [1.165, 1.54) is 7.11 Å². The lowest BCUT2D eigenvalue weighted by atomic mass is 10.3. The van der Waals surface area contributed by atoms with Gasteiger partial charge in [-0.3, -0.25) is 4.79 Å². The zero-order valence-corrected chi connectivity index (χ0v) is 11.4. The van der Waals surface area contributed by atoms with Gasteiger partial charge < -0.3 is 9.47 Å². The van der Waals surface area contributed by atoms with E-state index < -0.39 is 16.0 Å². The van der Waals surface area contributed by atoms with Crippen molar-refractivity contribution in [2.24, 2.45) is 0 Å². The third-order valence-electron chi connectivity index (χ3n) is 2.16. The number of methoxy groups -OCH3 is 2. The van der Waals surface area contributed by atoms with E-state index in [-0.39, 0.29) is 24.6 Å². The lowest BCUT2D eigenvalue weighted by Gasteiger charge is -2.13. The van der Waals surface area contributed by atoms with Crippen LogP contribution in [-0.4, -0.2) is 47.0 Å². The molecular formula is C10H21NO5S. The van der Waals surface area contributed by atoms with Gasteiger partial charge >= 0.3 is 5.97 Å². The van der Waals surface area contributed by atoms with Crippen molar-refractivity contribution >= 4 is 16.0 Å². The first-order valence-corrected chi connectivity index (χ1v) is 7.12. The maximum absolute atomic E-state index is 11.6. The van der Waals surface area contributed by atoms with Crippen LogP contribution in [0.25, 0.3) is 0 Å². The molecule has 0 aromatic rings. The predicted molar refractivity (Wildman–Crippen MR) is 64.1 cm³/mol. The van der Waals surface area contributed by atoms with E-state index in [9.17, 15) is 13.2 Å². The van der Waals surface area contributed by atoms with Crippen LogP contribution >= 0.6 is 0 Å². The normalized spacial score (nSPS) is 13.4. The fourth-order valence-electron chi connectivity index (χ4n) is 1.23. The molecule has 0 bridgehead atoms. The fourth-order valence-corrected chi connectivity index (χ4v) is 2.60. The van der Waals surface area contributed by atoms with E-state index in [2.05, 4.69) is 9.46 Å². The topological polar surface area (TPSA) is 81.7 Å². The molecular weight excluding hydrogens is 246 g/mol. The van der Waals surface area contributed by atoms with Gasteiger partial charge in [-0.2, -0.15) is 0 Å². The molecule has 0 aliphatic heterocycles. The molecule has 0 heterocycles. The van der Waals surface area contributed by atoms with Gasteiger partial charge in [-0.1, -0.05) is 0 Å². The van der Waals surface area contributed by atoms with Crippen molar-refractivity contribution in [1.82, 2.24) is 4.72 Å². The minimum atomic E-state index is -3.33. The number of esters is 1. The molecule has 17 heavy (non-hydrogen) atoms. The minimum Gasteiger partial charge on any atom is -0.469 e. The molecule has 0 aliphatic rings. The number of hydrogen-bond donors (Lipinski definition) is 1. The Hall–Kier alpha value is -0.660. The highest BCUT2D eigenvalue weighted by Gasteiger charge is 2.14. The van der Waals surface area contributed by atoms with Crippen LogP contribution < -0.4 is 4.72 Å². The Labute approximate surface area is 103 Å². The number of sulfonamides is 1. The van der Waals surface area contributed by atoms with Crippen LogP contribution in [-0.2, 0) is 24.3 Å². The Morgan fingerprint density at radius 3 is 2.53 bits per heavy atom. The molecule has 0 aliphatic carbocycles. The molecule has 0 amide bonds.